The van der Waals surface area contributed by atoms with Crippen LogP contribution >= 0.6 is 0 Å². The zero-order valence-corrected chi connectivity index (χ0v) is 12.2. The topological polar surface area (TPSA) is 18.5 Å². The second-order valence-electron chi connectivity index (χ2n) is 4.83. The number of benzene rings is 1. The summed E-state index contributed by atoms with van der Waals surface area (Å²) in [5, 5.41) is 0. The van der Waals surface area contributed by atoms with Crippen molar-refractivity contribution in [2.75, 3.05) is 13.7 Å². The minimum Gasteiger partial charge on any atom is -0.497 e. The van der Waals surface area contributed by atoms with Crippen molar-refractivity contribution >= 4 is 0 Å². The van der Waals surface area contributed by atoms with Gasteiger partial charge < -0.3 is 9.47 Å². The third-order valence-corrected chi connectivity index (χ3v) is 3.32. The summed E-state index contributed by atoms with van der Waals surface area (Å²) in [6, 6.07) is 8.01. The van der Waals surface area contributed by atoms with Crippen molar-refractivity contribution in [2.24, 2.45) is 5.92 Å². The van der Waals surface area contributed by atoms with Crippen LogP contribution in [0.5, 0.6) is 5.75 Å². The van der Waals surface area contributed by atoms with Gasteiger partial charge in [-0.25, -0.2) is 0 Å². The lowest BCUT2D eigenvalue weighted by Gasteiger charge is -2.12. The van der Waals surface area contributed by atoms with Gasteiger partial charge in [0.2, 0.25) is 0 Å². The fourth-order valence-electron chi connectivity index (χ4n) is 1.99. The molecule has 0 aliphatic rings. The van der Waals surface area contributed by atoms with Crippen molar-refractivity contribution < 1.29 is 9.47 Å². The monoisotopic (exact) mass is 262 g/mol. The Balaban J connectivity index is 2.20. The van der Waals surface area contributed by atoms with E-state index < -0.39 is 0 Å². The SMILES string of the molecule is C=CC(CCCC)CCOCc1ccc(OC)cc1. The molecule has 0 radical (unpaired) electrons. The molecule has 19 heavy (non-hydrogen) atoms. The molecule has 1 rings (SSSR count). The molecular formula is C17H26O2. The van der Waals surface area contributed by atoms with Gasteiger partial charge in [0.05, 0.1) is 13.7 Å². The zero-order valence-electron chi connectivity index (χ0n) is 12.2. The van der Waals surface area contributed by atoms with Gasteiger partial charge in [-0.05, 0) is 36.5 Å². The largest absolute Gasteiger partial charge is 0.497 e. The van der Waals surface area contributed by atoms with Crippen molar-refractivity contribution in [3.63, 3.8) is 0 Å². The molecule has 0 bridgehead atoms. The molecule has 0 amide bonds. The van der Waals surface area contributed by atoms with Gasteiger partial charge in [-0.1, -0.05) is 38.0 Å². The molecule has 1 aromatic carbocycles. The number of rotatable bonds is 10. The Morgan fingerprint density at radius 1 is 1.21 bits per heavy atom. The third kappa shape index (κ3) is 6.44. The molecule has 0 saturated heterocycles. The van der Waals surface area contributed by atoms with E-state index in [1.807, 2.05) is 24.3 Å². The van der Waals surface area contributed by atoms with E-state index in [9.17, 15) is 0 Å². The maximum Gasteiger partial charge on any atom is 0.118 e. The Hall–Kier alpha value is -1.28. The maximum atomic E-state index is 5.72. The Bertz CT molecular complexity index is 343. The zero-order chi connectivity index (χ0) is 13.9. The fraction of sp³-hybridized carbons (Fsp3) is 0.529. The Morgan fingerprint density at radius 3 is 2.53 bits per heavy atom. The average molecular weight is 262 g/mol. The van der Waals surface area contributed by atoms with Crippen LogP contribution < -0.4 is 4.74 Å². The molecule has 2 heteroatoms. The van der Waals surface area contributed by atoms with Crippen LogP contribution in [0, 0.1) is 5.92 Å². The number of methoxy groups -OCH3 is 1. The molecule has 0 N–H and O–H groups in total. The molecule has 0 spiro atoms. The van der Waals surface area contributed by atoms with Crippen LogP contribution in [-0.2, 0) is 11.3 Å². The van der Waals surface area contributed by atoms with Crippen LogP contribution in [0.25, 0.3) is 0 Å². The van der Waals surface area contributed by atoms with E-state index in [-0.39, 0.29) is 0 Å². The van der Waals surface area contributed by atoms with Gasteiger partial charge in [0.15, 0.2) is 0 Å². The molecule has 0 aromatic heterocycles. The lowest BCUT2D eigenvalue weighted by atomic mass is 9.99. The van der Waals surface area contributed by atoms with Crippen molar-refractivity contribution in [1.29, 1.82) is 0 Å². The number of unbranched alkanes of at least 4 members (excludes halogenated alkanes) is 1. The standard InChI is InChI=1S/C17H26O2/c1-4-6-7-15(5-2)12-13-19-14-16-8-10-17(18-3)11-9-16/h5,8-11,15H,2,4,6-7,12-14H2,1,3H3. The van der Waals surface area contributed by atoms with Crippen LogP contribution in [0.1, 0.15) is 38.2 Å². The number of ether oxygens (including phenoxy) is 2. The predicted octanol–water partition coefficient (Wildman–Crippen LogP) is 4.59. The second kappa shape index (κ2) is 9.62. The second-order valence-corrected chi connectivity index (χ2v) is 4.83. The molecule has 0 saturated carbocycles. The van der Waals surface area contributed by atoms with Crippen LogP contribution in [0.3, 0.4) is 0 Å². The van der Waals surface area contributed by atoms with Crippen molar-refractivity contribution in [3.8, 4) is 5.75 Å². The molecule has 1 atom stereocenters. The van der Waals surface area contributed by atoms with Crippen LogP contribution in [0.2, 0.25) is 0 Å². The molecule has 0 fully saturated rings. The smallest absolute Gasteiger partial charge is 0.118 e. The number of allylic oxidation sites excluding steroid dienone is 1. The van der Waals surface area contributed by atoms with Gasteiger partial charge in [-0.3, -0.25) is 0 Å². The van der Waals surface area contributed by atoms with E-state index in [0.29, 0.717) is 12.5 Å². The van der Waals surface area contributed by atoms with E-state index in [1.165, 1.54) is 24.8 Å². The average Bonchev–Trinajstić information content (AvgIpc) is 2.47. The molecule has 106 valence electrons. The fourth-order valence-corrected chi connectivity index (χ4v) is 1.99. The summed E-state index contributed by atoms with van der Waals surface area (Å²) in [7, 11) is 1.68. The van der Waals surface area contributed by atoms with E-state index in [4.69, 9.17) is 9.47 Å². The highest BCUT2D eigenvalue weighted by Gasteiger charge is 2.03. The highest BCUT2D eigenvalue weighted by Crippen LogP contribution is 2.15. The summed E-state index contributed by atoms with van der Waals surface area (Å²) in [4.78, 5) is 0. The highest BCUT2D eigenvalue weighted by molar-refractivity contribution is 5.26. The van der Waals surface area contributed by atoms with Crippen molar-refractivity contribution in [1.82, 2.24) is 0 Å². The van der Waals surface area contributed by atoms with Crippen molar-refractivity contribution in [3.05, 3.63) is 42.5 Å². The first-order chi connectivity index (χ1) is 9.30. The van der Waals surface area contributed by atoms with Crippen LogP contribution in [0.15, 0.2) is 36.9 Å². The summed E-state index contributed by atoms with van der Waals surface area (Å²) in [5.74, 6) is 1.48. The molecule has 0 aliphatic heterocycles. The minimum atomic E-state index is 0.593. The lowest BCUT2D eigenvalue weighted by molar-refractivity contribution is 0.110. The molecule has 2 nitrogen and oxygen atoms in total. The Kier molecular flexibility index (Phi) is 7.99. The van der Waals surface area contributed by atoms with E-state index in [1.54, 1.807) is 7.11 Å². The third-order valence-electron chi connectivity index (χ3n) is 3.32. The van der Waals surface area contributed by atoms with Gasteiger partial charge >= 0.3 is 0 Å². The molecular weight excluding hydrogens is 236 g/mol. The first kappa shape index (κ1) is 15.8. The van der Waals surface area contributed by atoms with Crippen molar-refractivity contribution in [2.45, 2.75) is 39.2 Å². The summed E-state index contributed by atoms with van der Waals surface area (Å²) in [6.45, 7) is 7.59. The van der Waals surface area contributed by atoms with Gasteiger partial charge in [0, 0.05) is 6.61 Å². The van der Waals surface area contributed by atoms with Gasteiger partial charge in [-0.15, -0.1) is 6.58 Å². The van der Waals surface area contributed by atoms with Gasteiger partial charge in [0.1, 0.15) is 5.75 Å². The summed E-state index contributed by atoms with van der Waals surface area (Å²) in [6.07, 6.45) is 6.88. The normalized spacial score (nSPS) is 12.1. The molecule has 0 heterocycles. The molecule has 1 unspecified atom stereocenters. The quantitative estimate of drug-likeness (QED) is 0.453. The minimum absolute atomic E-state index is 0.593. The van der Waals surface area contributed by atoms with Crippen LogP contribution in [-0.4, -0.2) is 13.7 Å². The lowest BCUT2D eigenvalue weighted by Crippen LogP contribution is -2.03. The van der Waals surface area contributed by atoms with E-state index in [0.717, 1.165) is 18.8 Å². The summed E-state index contributed by atoms with van der Waals surface area (Å²) in [5.41, 5.74) is 1.18. The first-order valence-corrected chi connectivity index (χ1v) is 7.13. The highest BCUT2D eigenvalue weighted by atomic mass is 16.5. The maximum absolute atomic E-state index is 5.72. The van der Waals surface area contributed by atoms with Gasteiger partial charge in [-0.2, -0.15) is 0 Å². The van der Waals surface area contributed by atoms with Crippen LogP contribution in [0.4, 0.5) is 0 Å². The first-order valence-electron chi connectivity index (χ1n) is 7.13. The van der Waals surface area contributed by atoms with E-state index in [2.05, 4.69) is 19.6 Å². The molecule has 1 aromatic rings. The number of hydrogen-bond acceptors (Lipinski definition) is 2. The summed E-state index contributed by atoms with van der Waals surface area (Å²) < 4.78 is 10.8. The number of hydrogen-bond donors (Lipinski definition) is 0. The van der Waals surface area contributed by atoms with E-state index >= 15 is 0 Å². The predicted molar refractivity (Wildman–Crippen MR) is 80.5 cm³/mol. The van der Waals surface area contributed by atoms with Gasteiger partial charge in [0.25, 0.3) is 0 Å². The Morgan fingerprint density at radius 2 is 1.95 bits per heavy atom. The Labute approximate surface area is 117 Å². The molecule has 0 aliphatic carbocycles. The summed E-state index contributed by atoms with van der Waals surface area (Å²) >= 11 is 0.